The van der Waals surface area contributed by atoms with Crippen LogP contribution in [0.5, 0.6) is 0 Å². The number of aliphatic hydroxyl groups excluding tert-OH is 1. The van der Waals surface area contributed by atoms with Gasteiger partial charge in [0.1, 0.15) is 0 Å². The summed E-state index contributed by atoms with van der Waals surface area (Å²) in [4.78, 5) is 11.1. The van der Waals surface area contributed by atoms with Gasteiger partial charge in [-0.15, -0.1) is 0 Å². The third kappa shape index (κ3) is 7.30. The van der Waals surface area contributed by atoms with Crippen molar-refractivity contribution in [2.45, 2.75) is 38.3 Å². The molecule has 5 N–H and O–H groups in total. The number of carbonyl (C=O) groups is 1. The maximum Gasteiger partial charge on any atom is 0.221 e. The molecule has 0 radical (unpaired) electrons. The molecule has 0 aromatic heterocycles. The van der Waals surface area contributed by atoms with Gasteiger partial charge in [0.15, 0.2) is 0 Å². The van der Waals surface area contributed by atoms with Crippen LogP contribution in [0.3, 0.4) is 0 Å². The van der Waals surface area contributed by atoms with E-state index in [0.29, 0.717) is 13.0 Å². The molecule has 0 spiro atoms. The first-order valence-corrected chi connectivity index (χ1v) is 5.41. The van der Waals surface area contributed by atoms with Crippen molar-refractivity contribution in [2.75, 3.05) is 20.2 Å². The third-order valence-corrected chi connectivity index (χ3v) is 2.31. The lowest BCUT2D eigenvalue weighted by atomic mass is 10.1. The second kappa shape index (κ2) is 8.64. The Balaban J connectivity index is 3.81. The third-order valence-electron chi connectivity index (χ3n) is 2.31. The highest BCUT2D eigenvalue weighted by molar-refractivity contribution is 5.76. The van der Waals surface area contributed by atoms with E-state index in [1.54, 1.807) is 7.05 Å². The maximum absolute atomic E-state index is 11.1. The van der Waals surface area contributed by atoms with Crippen LogP contribution in [0.15, 0.2) is 0 Å². The molecule has 0 bridgehead atoms. The Kier molecular flexibility index (Phi) is 8.27. The summed E-state index contributed by atoms with van der Waals surface area (Å²) >= 11 is 0. The van der Waals surface area contributed by atoms with Crippen LogP contribution in [0.2, 0.25) is 0 Å². The molecule has 0 aliphatic carbocycles. The van der Waals surface area contributed by atoms with Crippen LogP contribution in [0, 0.1) is 0 Å². The van der Waals surface area contributed by atoms with Crippen molar-refractivity contribution in [1.82, 2.24) is 10.6 Å². The molecule has 0 aliphatic rings. The Morgan fingerprint density at radius 1 is 1.53 bits per heavy atom. The second-order valence-electron chi connectivity index (χ2n) is 3.74. The number of nitrogens with one attached hydrogen (secondary N) is 2. The molecule has 5 heteroatoms. The van der Waals surface area contributed by atoms with Gasteiger partial charge in [-0.1, -0.05) is 0 Å². The summed E-state index contributed by atoms with van der Waals surface area (Å²) in [5, 5.41) is 14.5. The van der Waals surface area contributed by atoms with Crippen molar-refractivity contribution < 1.29 is 9.90 Å². The monoisotopic (exact) mass is 217 g/mol. The predicted octanol–water partition coefficient (Wildman–Crippen LogP) is -0.800. The summed E-state index contributed by atoms with van der Waals surface area (Å²) in [7, 11) is 1.62. The van der Waals surface area contributed by atoms with Crippen LogP contribution >= 0.6 is 0 Å². The summed E-state index contributed by atoms with van der Waals surface area (Å²) in [6.45, 7) is 2.67. The van der Waals surface area contributed by atoms with Crippen LogP contribution in [0.25, 0.3) is 0 Å². The minimum atomic E-state index is -0.00712. The number of rotatable bonds is 8. The van der Waals surface area contributed by atoms with Gasteiger partial charge in [0, 0.05) is 38.7 Å². The van der Waals surface area contributed by atoms with Crippen LogP contribution < -0.4 is 16.4 Å². The predicted molar refractivity (Wildman–Crippen MR) is 60.4 cm³/mol. The van der Waals surface area contributed by atoms with Crippen molar-refractivity contribution >= 4 is 5.91 Å². The van der Waals surface area contributed by atoms with Gasteiger partial charge in [0.05, 0.1) is 0 Å². The van der Waals surface area contributed by atoms with Gasteiger partial charge in [-0.2, -0.15) is 0 Å². The normalized spacial score (nSPS) is 14.7. The molecule has 0 rings (SSSR count). The standard InChI is InChI=1S/C10H23N3O2/c1-8(4-3-5-14)13-9(7-11)6-10(15)12-2/h8-9,13-14H,3-7,11H2,1-2H3,(H,12,15). The Bertz CT molecular complexity index is 176. The lowest BCUT2D eigenvalue weighted by Crippen LogP contribution is -2.44. The topological polar surface area (TPSA) is 87.4 Å². The average molecular weight is 217 g/mol. The molecule has 2 unspecified atom stereocenters. The number of amides is 1. The van der Waals surface area contributed by atoms with Crippen LogP contribution in [-0.2, 0) is 4.79 Å². The number of nitrogens with two attached hydrogens (primary N) is 1. The van der Waals surface area contributed by atoms with Gasteiger partial charge in [-0.25, -0.2) is 0 Å². The van der Waals surface area contributed by atoms with Gasteiger partial charge >= 0.3 is 0 Å². The zero-order chi connectivity index (χ0) is 11.7. The Labute approximate surface area is 91.4 Å². The minimum absolute atomic E-state index is 0.00712. The van der Waals surface area contributed by atoms with E-state index in [9.17, 15) is 4.79 Å². The molecule has 90 valence electrons. The van der Waals surface area contributed by atoms with Crippen LogP contribution in [0.1, 0.15) is 26.2 Å². The van der Waals surface area contributed by atoms with E-state index in [4.69, 9.17) is 10.8 Å². The van der Waals surface area contributed by atoms with Crippen LogP contribution in [-0.4, -0.2) is 43.3 Å². The number of carbonyl (C=O) groups excluding carboxylic acids is 1. The van der Waals surface area contributed by atoms with E-state index >= 15 is 0 Å². The molecule has 0 heterocycles. The number of hydrogen-bond donors (Lipinski definition) is 4. The molecular formula is C10H23N3O2. The van der Waals surface area contributed by atoms with Gasteiger partial charge in [0.2, 0.25) is 5.91 Å². The number of hydrogen-bond acceptors (Lipinski definition) is 4. The Morgan fingerprint density at radius 3 is 2.67 bits per heavy atom. The van der Waals surface area contributed by atoms with Crippen molar-refractivity contribution in [3.05, 3.63) is 0 Å². The fourth-order valence-electron chi connectivity index (χ4n) is 1.42. The molecule has 0 aromatic carbocycles. The fourth-order valence-corrected chi connectivity index (χ4v) is 1.42. The van der Waals surface area contributed by atoms with Gasteiger partial charge in [-0.3, -0.25) is 4.79 Å². The first-order valence-electron chi connectivity index (χ1n) is 5.41. The first kappa shape index (κ1) is 14.3. The molecular weight excluding hydrogens is 194 g/mol. The summed E-state index contributed by atoms with van der Waals surface area (Å²) in [5.74, 6) is -0.00712. The summed E-state index contributed by atoms with van der Waals surface area (Å²) in [6, 6.07) is 0.286. The highest BCUT2D eigenvalue weighted by Crippen LogP contribution is 1.99. The zero-order valence-electron chi connectivity index (χ0n) is 9.62. The SMILES string of the molecule is CNC(=O)CC(CN)NC(C)CCCO. The molecule has 0 saturated carbocycles. The fraction of sp³-hybridized carbons (Fsp3) is 0.900. The van der Waals surface area contributed by atoms with Crippen LogP contribution in [0.4, 0.5) is 0 Å². The lowest BCUT2D eigenvalue weighted by Gasteiger charge is -2.21. The zero-order valence-corrected chi connectivity index (χ0v) is 9.62. The van der Waals surface area contributed by atoms with E-state index in [0.717, 1.165) is 12.8 Å². The molecule has 0 fully saturated rings. The summed E-state index contributed by atoms with van der Waals surface area (Å²) in [5.41, 5.74) is 5.56. The van der Waals surface area contributed by atoms with Crippen molar-refractivity contribution in [3.8, 4) is 0 Å². The first-order chi connectivity index (χ1) is 7.13. The number of aliphatic hydroxyl groups is 1. The highest BCUT2D eigenvalue weighted by atomic mass is 16.2. The molecule has 0 aliphatic heterocycles. The summed E-state index contributed by atoms with van der Waals surface area (Å²) < 4.78 is 0. The molecule has 5 nitrogen and oxygen atoms in total. The van der Waals surface area contributed by atoms with E-state index in [1.807, 2.05) is 6.92 Å². The van der Waals surface area contributed by atoms with E-state index < -0.39 is 0 Å². The van der Waals surface area contributed by atoms with Crippen molar-refractivity contribution in [1.29, 1.82) is 0 Å². The van der Waals surface area contributed by atoms with Gasteiger partial charge in [0.25, 0.3) is 0 Å². The highest BCUT2D eigenvalue weighted by Gasteiger charge is 2.13. The van der Waals surface area contributed by atoms with Gasteiger partial charge < -0.3 is 21.5 Å². The Hall–Kier alpha value is -0.650. The van der Waals surface area contributed by atoms with E-state index in [1.165, 1.54) is 0 Å². The van der Waals surface area contributed by atoms with E-state index in [-0.39, 0.29) is 24.6 Å². The largest absolute Gasteiger partial charge is 0.396 e. The molecule has 0 aromatic rings. The molecule has 2 atom stereocenters. The van der Waals surface area contributed by atoms with Gasteiger partial charge in [-0.05, 0) is 19.8 Å². The Morgan fingerprint density at radius 2 is 2.20 bits per heavy atom. The second-order valence-corrected chi connectivity index (χ2v) is 3.74. The van der Waals surface area contributed by atoms with E-state index in [2.05, 4.69) is 10.6 Å². The van der Waals surface area contributed by atoms with Crippen molar-refractivity contribution in [3.63, 3.8) is 0 Å². The molecule has 1 amide bonds. The lowest BCUT2D eigenvalue weighted by molar-refractivity contribution is -0.121. The molecule has 15 heavy (non-hydrogen) atoms. The minimum Gasteiger partial charge on any atom is -0.396 e. The quantitative estimate of drug-likeness (QED) is 0.429. The average Bonchev–Trinajstić information content (AvgIpc) is 2.25. The smallest absolute Gasteiger partial charge is 0.221 e. The molecule has 0 saturated heterocycles. The van der Waals surface area contributed by atoms with Crippen molar-refractivity contribution in [2.24, 2.45) is 5.73 Å². The maximum atomic E-state index is 11.1. The summed E-state index contributed by atoms with van der Waals surface area (Å²) in [6.07, 6.45) is 2.06.